The summed E-state index contributed by atoms with van der Waals surface area (Å²) in [6.45, 7) is 3.41. The van der Waals surface area contributed by atoms with Crippen LogP contribution in [0.25, 0.3) is 10.2 Å². The lowest BCUT2D eigenvalue weighted by Crippen LogP contribution is -3.15. The van der Waals surface area contributed by atoms with Gasteiger partial charge in [-0.25, -0.2) is 9.37 Å². The zero-order valence-electron chi connectivity index (χ0n) is 15.6. The maximum Gasteiger partial charge on any atom is 0.281 e. The van der Waals surface area contributed by atoms with Gasteiger partial charge in [-0.2, -0.15) is 0 Å². The van der Waals surface area contributed by atoms with Crippen molar-refractivity contribution in [2.45, 2.75) is 0 Å². The Kier molecular flexibility index (Phi) is 5.40. The summed E-state index contributed by atoms with van der Waals surface area (Å²) in [5, 5.41) is 3.50. The smallest absolute Gasteiger partial charge is 0.281 e. The molecule has 1 aliphatic heterocycles. The highest BCUT2D eigenvalue weighted by Crippen LogP contribution is 2.29. The second-order valence-corrected chi connectivity index (χ2v) is 7.80. The zero-order chi connectivity index (χ0) is 19.5. The van der Waals surface area contributed by atoms with E-state index in [0.29, 0.717) is 17.4 Å². The molecule has 28 heavy (non-hydrogen) atoms. The topological polar surface area (TPSA) is 58.9 Å². The third-order valence-corrected chi connectivity index (χ3v) is 5.85. The predicted octanol–water partition coefficient (Wildman–Crippen LogP) is 1.79. The van der Waals surface area contributed by atoms with E-state index in [1.807, 2.05) is 29.2 Å². The normalized spacial score (nSPS) is 15.0. The molecule has 0 bridgehead atoms. The van der Waals surface area contributed by atoms with Crippen LogP contribution in [0, 0.1) is 5.82 Å². The van der Waals surface area contributed by atoms with Gasteiger partial charge in [0.25, 0.3) is 5.91 Å². The molecule has 8 heteroatoms. The molecule has 1 amide bonds. The highest BCUT2D eigenvalue weighted by molar-refractivity contribution is 7.22. The lowest BCUT2D eigenvalue weighted by molar-refractivity contribution is -0.892. The molecule has 1 fully saturated rings. The number of hydrogen-bond donors (Lipinski definition) is 2. The van der Waals surface area contributed by atoms with Gasteiger partial charge >= 0.3 is 0 Å². The van der Waals surface area contributed by atoms with Gasteiger partial charge in [0.2, 0.25) is 0 Å². The maximum atomic E-state index is 13.9. The van der Waals surface area contributed by atoms with E-state index in [1.54, 1.807) is 19.2 Å². The van der Waals surface area contributed by atoms with Gasteiger partial charge in [0, 0.05) is 0 Å². The first-order valence-corrected chi connectivity index (χ1v) is 10.0. The van der Waals surface area contributed by atoms with Gasteiger partial charge < -0.3 is 14.5 Å². The Morgan fingerprint density at radius 3 is 2.82 bits per heavy atom. The molecule has 0 atom stereocenters. The van der Waals surface area contributed by atoms with Gasteiger partial charge in [-0.3, -0.25) is 10.1 Å². The van der Waals surface area contributed by atoms with Gasteiger partial charge in [0.15, 0.2) is 11.7 Å². The Morgan fingerprint density at radius 1 is 1.29 bits per heavy atom. The molecule has 6 nitrogen and oxygen atoms in total. The Hall–Kier alpha value is -2.71. The number of para-hydroxylation sites is 1. The van der Waals surface area contributed by atoms with Crippen molar-refractivity contribution in [2.24, 2.45) is 0 Å². The number of piperazine rings is 1. The number of aromatic nitrogens is 1. The Morgan fingerprint density at radius 2 is 2.07 bits per heavy atom. The fourth-order valence-corrected chi connectivity index (χ4v) is 4.34. The summed E-state index contributed by atoms with van der Waals surface area (Å²) in [6.07, 6.45) is 0. The molecule has 2 heterocycles. The number of anilines is 2. The molecule has 3 aromatic rings. The molecule has 1 aromatic heterocycles. The van der Waals surface area contributed by atoms with E-state index in [9.17, 15) is 9.18 Å². The number of fused-ring (bicyclic) bond motifs is 1. The first kappa shape index (κ1) is 18.6. The summed E-state index contributed by atoms with van der Waals surface area (Å²) >= 11 is 1.43. The average molecular weight is 401 g/mol. The predicted molar refractivity (Wildman–Crippen MR) is 109 cm³/mol. The molecule has 0 spiro atoms. The van der Waals surface area contributed by atoms with Crippen molar-refractivity contribution in [3.63, 3.8) is 0 Å². The number of ether oxygens (including phenoxy) is 1. The molecular formula is C20H22FN4O2S+. The molecule has 0 aliphatic carbocycles. The summed E-state index contributed by atoms with van der Waals surface area (Å²) in [5.41, 5.74) is 1.47. The largest absolute Gasteiger partial charge is 0.497 e. The summed E-state index contributed by atoms with van der Waals surface area (Å²) in [4.78, 5) is 20.1. The van der Waals surface area contributed by atoms with Crippen LogP contribution < -0.4 is 19.9 Å². The molecule has 1 aliphatic rings. The van der Waals surface area contributed by atoms with Crippen molar-refractivity contribution in [2.75, 3.05) is 50.1 Å². The molecular weight excluding hydrogens is 379 g/mol. The number of thiazole rings is 1. The molecule has 4 rings (SSSR count). The van der Waals surface area contributed by atoms with Crippen LogP contribution in [-0.4, -0.2) is 50.7 Å². The van der Waals surface area contributed by atoms with Crippen LogP contribution in [0.5, 0.6) is 5.75 Å². The SMILES string of the molecule is COc1ccc2nc(NC(=O)C[NH+]3CCN(c4ccccc4F)CC3)sc2c1. The number of halogens is 1. The van der Waals surface area contributed by atoms with Crippen LogP contribution in [0.4, 0.5) is 15.2 Å². The second kappa shape index (κ2) is 8.12. The number of benzene rings is 2. The van der Waals surface area contributed by atoms with Crippen molar-refractivity contribution in [3.8, 4) is 5.75 Å². The zero-order valence-corrected chi connectivity index (χ0v) is 16.4. The molecule has 146 valence electrons. The Bertz CT molecular complexity index is 985. The quantitative estimate of drug-likeness (QED) is 0.685. The third kappa shape index (κ3) is 4.07. The van der Waals surface area contributed by atoms with Crippen LogP contribution in [0.15, 0.2) is 42.5 Å². The van der Waals surface area contributed by atoms with Crippen molar-refractivity contribution >= 4 is 38.3 Å². The minimum atomic E-state index is -0.198. The molecule has 0 radical (unpaired) electrons. The molecule has 2 aromatic carbocycles. The second-order valence-electron chi connectivity index (χ2n) is 6.77. The van der Waals surface area contributed by atoms with E-state index in [1.165, 1.54) is 22.3 Å². The number of rotatable bonds is 5. The first-order valence-electron chi connectivity index (χ1n) is 9.20. The number of methoxy groups -OCH3 is 1. The molecule has 2 N–H and O–H groups in total. The lowest BCUT2D eigenvalue weighted by atomic mass is 10.2. The molecule has 1 saturated heterocycles. The van der Waals surface area contributed by atoms with Crippen molar-refractivity contribution in [1.29, 1.82) is 0 Å². The van der Waals surface area contributed by atoms with Gasteiger partial charge in [-0.15, -0.1) is 0 Å². The standard InChI is InChI=1S/C20H21FN4O2S/c1-27-14-6-7-16-18(12-14)28-20(22-16)23-19(26)13-24-8-10-25(11-9-24)17-5-3-2-4-15(17)21/h2-7,12H,8-11,13H2,1H3,(H,22,23,26)/p+1. The molecule has 0 saturated carbocycles. The van der Waals surface area contributed by atoms with Crippen LogP contribution in [0.3, 0.4) is 0 Å². The summed E-state index contributed by atoms with van der Waals surface area (Å²) in [7, 11) is 1.62. The minimum Gasteiger partial charge on any atom is -0.497 e. The minimum absolute atomic E-state index is 0.0552. The van der Waals surface area contributed by atoms with Gasteiger partial charge in [0.1, 0.15) is 11.6 Å². The average Bonchev–Trinajstić information content (AvgIpc) is 3.10. The Labute approximate surface area is 166 Å². The van der Waals surface area contributed by atoms with Crippen LogP contribution in [0.2, 0.25) is 0 Å². The van der Waals surface area contributed by atoms with Crippen molar-refractivity contribution < 1.29 is 18.8 Å². The highest BCUT2D eigenvalue weighted by atomic mass is 32.1. The van der Waals surface area contributed by atoms with E-state index < -0.39 is 0 Å². The lowest BCUT2D eigenvalue weighted by Gasteiger charge is -2.33. The van der Waals surface area contributed by atoms with Crippen LogP contribution >= 0.6 is 11.3 Å². The van der Waals surface area contributed by atoms with Gasteiger partial charge in [-0.05, 0) is 30.3 Å². The first-order chi connectivity index (χ1) is 13.6. The number of carbonyl (C=O) groups is 1. The van der Waals surface area contributed by atoms with Crippen molar-refractivity contribution in [3.05, 3.63) is 48.3 Å². The fraction of sp³-hybridized carbons (Fsp3) is 0.300. The van der Waals surface area contributed by atoms with E-state index in [2.05, 4.69) is 10.3 Å². The number of nitrogens with zero attached hydrogens (tertiary/aromatic N) is 2. The van der Waals surface area contributed by atoms with E-state index >= 15 is 0 Å². The number of quaternary nitrogens is 1. The van der Waals surface area contributed by atoms with E-state index in [-0.39, 0.29) is 11.7 Å². The number of nitrogens with one attached hydrogen (secondary N) is 2. The number of hydrogen-bond acceptors (Lipinski definition) is 5. The van der Waals surface area contributed by atoms with Gasteiger partial charge in [0.05, 0.1) is 49.2 Å². The monoisotopic (exact) mass is 401 g/mol. The van der Waals surface area contributed by atoms with Crippen LogP contribution in [-0.2, 0) is 4.79 Å². The highest BCUT2D eigenvalue weighted by Gasteiger charge is 2.24. The summed E-state index contributed by atoms with van der Waals surface area (Å²) < 4.78 is 20.1. The maximum absolute atomic E-state index is 13.9. The fourth-order valence-electron chi connectivity index (χ4n) is 3.42. The van der Waals surface area contributed by atoms with E-state index in [4.69, 9.17) is 4.74 Å². The van der Waals surface area contributed by atoms with Gasteiger partial charge in [-0.1, -0.05) is 23.5 Å². The van der Waals surface area contributed by atoms with Crippen molar-refractivity contribution in [1.82, 2.24) is 4.98 Å². The summed E-state index contributed by atoms with van der Waals surface area (Å²) in [6, 6.07) is 12.5. The Balaban J connectivity index is 1.32. The number of carbonyl (C=O) groups excluding carboxylic acids is 1. The van der Waals surface area contributed by atoms with Crippen LogP contribution in [0.1, 0.15) is 0 Å². The van der Waals surface area contributed by atoms with E-state index in [0.717, 1.165) is 42.1 Å². The number of amides is 1. The summed E-state index contributed by atoms with van der Waals surface area (Å²) in [5.74, 6) is 0.516. The molecule has 0 unspecified atom stereocenters. The third-order valence-electron chi connectivity index (χ3n) is 4.92.